The largest absolute Gasteiger partial charge is 0.345 e. The van der Waals surface area contributed by atoms with Crippen molar-refractivity contribution in [2.45, 2.75) is 67.3 Å². The maximum Gasteiger partial charge on any atom is 0.252 e. The summed E-state index contributed by atoms with van der Waals surface area (Å²) in [5.41, 5.74) is 9.28. The molecule has 0 saturated heterocycles. The van der Waals surface area contributed by atoms with Crippen LogP contribution in [0.5, 0.6) is 0 Å². The van der Waals surface area contributed by atoms with Crippen molar-refractivity contribution in [1.29, 1.82) is 0 Å². The van der Waals surface area contributed by atoms with Gasteiger partial charge in [0.1, 0.15) is 0 Å². The molecule has 0 fully saturated rings. The van der Waals surface area contributed by atoms with E-state index in [1.165, 1.54) is 33.4 Å². The fourth-order valence-corrected chi connectivity index (χ4v) is 3.28. The number of amides is 1. The zero-order valence-electron chi connectivity index (χ0n) is 16.7. The molecule has 1 N–H and O–H groups in total. The van der Waals surface area contributed by atoms with Crippen molar-refractivity contribution >= 4 is 5.91 Å². The summed E-state index contributed by atoms with van der Waals surface area (Å²) in [5.74, 6) is 0.0281. The summed E-state index contributed by atoms with van der Waals surface area (Å²) >= 11 is 0. The standard InChI is InChI=1S/C23H31NO/c1-8-9-22(20-11-10-14(2)15(3)12-20)24-23(25)21-13-16(4)17(5)18(6)19(21)7/h10-13,22H,8-9H2,1-7H3,(H,24,25). The Balaban J connectivity index is 2.34. The van der Waals surface area contributed by atoms with E-state index >= 15 is 0 Å². The predicted octanol–water partition coefficient (Wildman–Crippen LogP) is 5.81. The van der Waals surface area contributed by atoms with Crippen molar-refractivity contribution in [3.63, 3.8) is 0 Å². The Bertz CT molecular complexity index is 789. The number of carbonyl (C=O) groups excluding carboxylic acids is 1. The number of benzene rings is 2. The van der Waals surface area contributed by atoms with Gasteiger partial charge in [-0.2, -0.15) is 0 Å². The molecule has 1 unspecified atom stereocenters. The van der Waals surface area contributed by atoms with Crippen LogP contribution in [0.3, 0.4) is 0 Å². The van der Waals surface area contributed by atoms with E-state index in [2.05, 4.69) is 65.1 Å². The molecular weight excluding hydrogens is 306 g/mol. The molecule has 0 aliphatic heterocycles. The Kier molecular flexibility index (Phi) is 6.05. The molecular formula is C23H31NO. The lowest BCUT2D eigenvalue weighted by Crippen LogP contribution is -2.29. The zero-order valence-corrected chi connectivity index (χ0v) is 16.7. The highest BCUT2D eigenvalue weighted by atomic mass is 16.1. The molecule has 2 aromatic rings. The minimum atomic E-state index is 0.0281. The molecule has 0 heterocycles. The summed E-state index contributed by atoms with van der Waals surface area (Å²) in [5, 5.41) is 3.27. The monoisotopic (exact) mass is 337 g/mol. The third-order valence-corrected chi connectivity index (χ3v) is 5.54. The fourth-order valence-electron chi connectivity index (χ4n) is 3.28. The van der Waals surface area contributed by atoms with E-state index in [0.717, 1.165) is 24.0 Å². The number of rotatable bonds is 5. The van der Waals surface area contributed by atoms with Crippen molar-refractivity contribution in [3.05, 3.63) is 68.8 Å². The molecule has 134 valence electrons. The van der Waals surface area contributed by atoms with Crippen LogP contribution in [0.2, 0.25) is 0 Å². The molecule has 2 aromatic carbocycles. The lowest BCUT2D eigenvalue weighted by atomic mass is 9.93. The van der Waals surface area contributed by atoms with Gasteiger partial charge in [-0.05, 0) is 93.0 Å². The number of hydrogen-bond donors (Lipinski definition) is 1. The molecule has 25 heavy (non-hydrogen) atoms. The second-order valence-electron chi connectivity index (χ2n) is 7.27. The molecule has 0 radical (unpaired) electrons. The molecule has 2 rings (SSSR count). The first-order valence-electron chi connectivity index (χ1n) is 9.21. The molecule has 0 spiro atoms. The molecule has 0 aromatic heterocycles. The van der Waals surface area contributed by atoms with Crippen LogP contribution < -0.4 is 5.32 Å². The van der Waals surface area contributed by atoms with E-state index in [-0.39, 0.29) is 11.9 Å². The third-order valence-electron chi connectivity index (χ3n) is 5.54. The van der Waals surface area contributed by atoms with Gasteiger partial charge in [0.15, 0.2) is 0 Å². The molecule has 0 aliphatic rings. The quantitative estimate of drug-likeness (QED) is 0.733. The summed E-state index contributed by atoms with van der Waals surface area (Å²) in [6, 6.07) is 8.56. The van der Waals surface area contributed by atoms with E-state index in [1.807, 2.05) is 13.0 Å². The van der Waals surface area contributed by atoms with E-state index in [0.29, 0.717) is 0 Å². The van der Waals surface area contributed by atoms with E-state index in [9.17, 15) is 4.79 Å². The highest BCUT2D eigenvalue weighted by molar-refractivity contribution is 5.96. The van der Waals surface area contributed by atoms with Crippen molar-refractivity contribution in [2.24, 2.45) is 0 Å². The lowest BCUT2D eigenvalue weighted by Gasteiger charge is -2.21. The van der Waals surface area contributed by atoms with Crippen molar-refractivity contribution in [1.82, 2.24) is 5.32 Å². The van der Waals surface area contributed by atoms with Crippen LogP contribution in [0.15, 0.2) is 24.3 Å². The van der Waals surface area contributed by atoms with Gasteiger partial charge in [0, 0.05) is 5.56 Å². The topological polar surface area (TPSA) is 29.1 Å². The van der Waals surface area contributed by atoms with Gasteiger partial charge in [-0.3, -0.25) is 4.79 Å². The van der Waals surface area contributed by atoms with Gasteiger partial charge in [-0.1, -0.05) is 31.5 Å². The summed E-state index contributed by atoms with van der Waals surface area (Å²) in [4.78, 5) is 13.0. The first-order chi connectivity index (χ1) is 11.8. The number of nitrogens with one attached hydrogen (secondary N) is 1. The Morgan fingerprint density at radius 2 is 1.56 bits per heavy atom. The second kappa shape index (κ2) is 7.86. The summed E-state index contributed by atoms with van der Waals surface area (Å²) < 4.78 is 0. The van der Waals surface area contributed by atoms with Crippen LogP contribution >= 0.6 is 0 Å². The van der Waals surface area contributed by atoms with Crippen molar-refractivity contribution in [3.8, 4) is 0 Å². The van der Waals surface area contributed by atoms with E-state index in [1.54, 1.807) is 0 Å². The van der Waals surface area contributed by atoms with Gasteiger partial charge in [0.2, 0.25) is 0 Å². The van der Waals surface area contributed by atoms with Crippen LogP contribution in [0.4, 0.5) is 0 Å². The molecule has 0 aliphatic carbocycles. The van der Waals surface area contributed by atoms with Gasteiger partial charge in [-0.25, -0.2) is 0 Å². The summed E-state index contributed by atoms with van der Waals surface area (Å²) in [6.07, 6.45) is 1.97. The summed E-state index contributed by atoms with van der Waals surface area (Å²) in [7, 11) is 0. The SMILES string of the molecule is CCCC(NC(=O)c1cc(C)c(C)c(C)c1C)c1ccc(C)c(C)c1. The van der Waals surface area contributed by atoms with Crippen LogP contribution in [0.25, 0.3) is 0 Å². The van der Waals surface area contributed by atoms with Gasteiger partial charge in [-0.15, -0.1) is 0 Å². The van der Waals surface area contributed by atoms with Gasteiger partial charge >= 0.3 is 0 Å². The average molecular weight is 338 g/mol. The van der Waals surface area contributed by atoms with Gasteiger partial charge < -0.3 is 5.32 Å². The average Bonchev–Trinajstić information content (AvgIpc) is 2.58. The lowest BCUT2D eigenvalue weighted by molar-refractivity contribution is 0.0933. The van der Waals surface area contributed by atoms with E-state index in [4.69, 9.17) is 0 Å². The Labute approximate surface area is 152 Å². The first-order valence-corrected chi connectivity index (χ1v) is 9.21. The maximum atomic E-state index is 13.0. The molecule has 0 saturated carbocycles. The molecule has 0 bridgehead atoms. The summed E-state index contributed by atoms with van der Waals surface area (Å²) in [6.45, 7) is 14.7. The smallest absolute Gasteiger partial charge is 0.252 e. The van der Waals surface area contributed by atoms with Crippen LogP contribution in [-0.2, 0) is 0 Å². The number of aryl methyl sites for hydroxylation is 3. The Morgan fingerprint density at radius 3 is 2.16 bits per heavy atom. The molecule has 2 heteroatoms. The van der Waals surface area contributed by atoms with Crippen LogP contribution in [0, 0.1) is 41.5 Å². The first kappa shape index (κ1) is 19.2. The molecule has 1 atom stereocenters. The molecule has 1 amide bonds. The van der Waals surface area contributed by atoms with Crippen LogP contribution in [0.1, 0.15) is 75.1 Å². The Morgan fingerprint density at radius 1 is 0.880 bits per heavy atom. The van der Waals surface area contributed by atoms with Crippen molar-refractivity contribution < 1.29 is 4.79 Å². The minimum absolute atomic E-state index is 0.0281. The van der Waals surface area contributed by atoms with Crippen LogP contribution in [-0.4, -0.2) is 5.91 Å². The highest BCUT2D eigenvalue weighted by Gasteiger charge is 2.19. The van der Waals surface area contributed by atoms with E-state index < -0.39 is 0 Å². The fraction of sp³-hybridized carbons (Fsp3) is 0.435. The number of hydrogen-bond acceptors (Lipinski definition) is 1. The Hall–Kier alpha value is -2.09. The third kappa shape index (κ3) is 4.12. The normalized spacial score (nSPS) is 12.1. The second-order valence-corrected chi connectivity index (χ2v) is 7.27. The minimum Gasteiger partial charge on any atom is -0.345 e. The maximum absolute atomic E-state index is 13.0. The van der Waals surface area contributed by atoms with Crippen molar-refractivity contribution in [2.75, 3.05) is 0 Å². The molecule has 2 nitrogen and oxygen atoms in total. The van der Waals surface area contributed by atoms with Gasteiger partial charge in [0.25, 0.3) is 5.91 Å². The number of carbonyl (C=O) groups is 1. The van der Waals surface area contributed by atoms with Gasteiger partial charge in [0.05, 0.1) is 6.04 Å². The predicted molar refractivity (Wildman–Crippen MR) is 106 cm³/mol. The zero-order chi connectivity index (χ0) is 18.7. The highest BCUT2D eigenvalue weighted by Crippen LogP contribution is 2.25.